The molecule has 5 N–H and O–H groups in total. The van der Waals surface area contributed by atoms with Crippen molar-refractivity contribution in [3.05, 3.63) is 30.3 Å². The molecule has 0 amide bonds. The van der Waals surface area contributed by atoms with Crippen LogP contribution in [0.2, 0.25) is 0 Å². The average Bonchev–Trinajstić information content (AvgIpc) is 2.26. The van der Waals surface area contributed by atoms with Gasteiger partial charge in [-0.25, -0.2) is 4.79 Å². The average molecular weight is 223 g/mol. The van der Waals surface area contributed by atoms with E-state index in [4.69, 9.17) is 21.0 Å². The third kappa shape index (κ3) is 3.58. The van der Waals surface area contributed by atoms with E-state index in [-0.39, 0.29) is 0 Å². The first-order valence-electron chi connectivity index (χ1n) is 4.61. The molecule has 0 aromatic heterocycles. The van der Waals surface area contributed by atoms with Crippen LogP contribution in [0.4, 0.5) is 0 Å². The fourth-order valence-electron chi connectivity index (χ4n) is 1.04. The van der Waals surface area contributed by atoms with Crippen LogP contribution in [0.15, 0.2) is 30.3 Å². The summed E-state index contributed by atoms with van der Waals surface area (Å²) in [5.74, 6) is -0.718. The highest BCUT2D eigenvalue weighted by molar-refractivity contribution is 5.85. The van der Waals surface area contributed by atoms with E-state index in [1.54, 1.807) is 30.3 Å². The first-order chi connectivity index (χ1) is 7.63. The lowest BCUT2D eigenvalue weighted by molar-refractivity contribution is -0.137. The summed E-state index contributed by atoms with van der Waals surface area (Å²) in [6.07, 6.45) is 0. The van der Waals surface area contributed by atoms with Crippen molar-refractivity contribution in [2.24, 2.45) is 5.73 Å². The van der Waals surface area contributed by atoms with E-state index in [9.17, 15) is 4.79 Å². The summed E-state index contributed by atoms with van der Waals surface area (Å²) in [6.45, 7) is -0.495. The highest BCUT2D eigenvalue weighted by Crippen LogP contribution is 2.09. The standard InChI is InChI=1S/C10H13N3O3/c11-10(12)13-8(6-14)9(15)16-7-4-2-1-3-5-7/h1-5,8,14H,6H2,(H4,11,12,13). The van der Waals surface area contributed by atoms with Crippen LogP contribution in [0.5, 0.6) is 5.75 Å². The quantitative estimate of drug-likeness (QED) is 0.237. The molecule has 0 fully saturated rings. The van der Waals surface area contributed by atoms with Crippen LogP contribution in [-0.4, -0.2) is 29.7 Å². The number of nitrogens with two attached hydrogens (primary N) is 1. The van der Waals surface area contributed by atoms with Crippen LogP contribution in [0.25, 0.3) is 0 Å². The van der Waals surface area contributed by atoms with E-state index in [0.717, 1.165) is 0 Å². The molecule has 86 valence electrons. The van der Waals surface area contributed by atoms with Gasteiger partial charge in [0.15, 0.2) is 12.0 Å². The summed E-state index contributed by atoms with van der Waals surface area (Å²) in [5.41, 5.74) is 5.05. The SMILES string of the molecule is N=C(N)NC(CO)C(=O)Oc1ccccc1. The van der Waals surface area contributed by atoms with Crippen LogP contribution in [-0.2, 0) is 4.79 Å². The molecule has 1 aromatic rings. The molecule has 0 bridgehead atoms. The zero-order valence-corrected chi connectivity index (χ0v) is 8.51. The van der Waals surface area contributed by atoms with E-state index in [0.29, 0.717) is 5.75 Å². The molecule has 0 saturated carbocycles. The first kappa shape index (κ1) is 12.0. The minimum absolute atomic E-state index is 0.372. The fourth-order valence-corrected chi connectivity index (χ4v) is 1.04. The minimum atomic E-state index is -1.03. The molecule has 0 aliphatic heterocycles. The summed E-state index contributed by atoms with van der Waals surface area (Å²) < 4.78 is 4.95. The molecule has 0 heterocycles. The Bertz CT molecular complexity index is 367. The number of carbonyl (C=O) groups is 1. The van der Waals surface area contributed by atoms with Gasteiger partial charge in [-0.05, 0) is 12.1 Å². The number of hydrogen-bond acceptors (Lipinski definition) is 4. The van der Waals surface area contributed by atoms with E-state index in [2.05, 4.69) is 5.32 Å². The Morgan fingerprint density at radius 3 is 2.62 bits per heavy atom. The summed E-state index contributed by atoms with van der Waals surface area (Å²) in [5, 5.41) is 18.1. The molecule has 0 saturated heterocycles. The van der Waals surface area contributed by atoms with Crippen LogP contribution in [0, 0.1) is 5.41 Å². The third-order valence-corrected chi connectivity index (χ3v) is 1.76. The molecule has 0 radical (unpaired) electrons. The van der Waals surface area contributed by atoms with E-state index < -0.39 is 24.6 Å². The van der Waals surface area contributed by atoms with Gasteiger partial charge >= 0.3 is 5.97 Å². The molecular formula is C10H13N3O3. The largest absolute Gasteiger partial charge is 0.425 e. The third-order valence-electron chi connectivity index (χ3n) is 1.76. The van der Waals surface area contributed by atoms with Gasteiger partial charge in [-0.1, -0.05) is 18.2 Å². The van der Waals surface area contributed by atoms with Gasteiger partial charge in [0.1, 0.15) is 5.75 Å². The van der Waals surface area contributed by atoms with Crippen molar-refractivity contribution in [1.82, 2.24) is 5.32 Å². The van der Waals surface area contributed by atoms with Crippen LogP contribution < -0.4 is 15.8 Å². The van der Waals surface area contributed by atoms with Crippen molar-refractivity contribution in [2.75, 3.05) is 6.61 Å². The summed E-state index contributed by atoms with van der Waals surface area (Å²) in [7, 11) is 0. The smallest absolute Gasteiger partial charge is 0.336 e. The van der Waals surface area contributed by atoms with Crippen LogP contribution in [0.3, 0.4) is 0 Å². The van der Waals surface area contributed by atoms with Crippen molar-refractivity contribution in [1.29, 1.82) is 5.41 Å². The maximum absolute atomic E-state index is 11.5. The van der Waals surface area contributed by atoms with Gasteiger partial charge in [-0.15, -0.1) is 0 Å². The van der Waals surface area contributed by atoms with Gasteiger partial charge in [0.05, 0.1) is 6.61 Å². The number of para-hydroxylation sites is 1. The van der Waals surface area contributed by atoms with Crippen molar-refractivity contribution >= 4 is 11.9 Å². The number of esters is 1. The van der Waals surface area contributed by atoms with Gasteiger partial charge in [-0.3, -0.25) is 5.41 Å². The molecule has 0 spiro atoms. The van der Waals surface area contributed by atoms with Crippen molar-refractivity contribution < 1.29 is 14.6 Å². The maximum Gasteiger partial charge on any atom is 0.336 e. The fraction of sp³-hybridized carbons (Fsp3) is 0.200. The number of rotatable bonds is 4. The monoisotopic (exact) mass is 223 g/mol. The van der Waals surface area contributed by atoms with E-state index in [1.807, 2.05) is 0 Å². The highest BCUT2D eigenvalue weighted by atomic mass is 16.5. The Labute approximate surface area is 92.5 Å². The number of carbonyl (C=O) groups excluding carboxylic acids is 1. The summed E-state index contributed by atoms with van der Waals surface area (Å²) in [6, 6.07) is 7.41. The minimum Gasteiger partial charge on any atom is -0.425 e. The van der Waals surface area contributed by atoms with Gasteiger partial charge in [0.25, 0.3) is 0 Å². The summed E-state index contributed by atoms with van der Waals surface area (Å²) >= 11 is 0. The van der Waals surface area contributed by atoms with Crippen LogP contribution in [0.1, 0.15) is 0 Å². The topological polar surface area (TPSA) is 108 Å². The molecule has 1 rings (SSSR count). The van der Waals surface area contributed by atoms with Crippen molar-refractivity contribution in [2.45, 2.75) is 6.04 Å². The predicted octanol–water partition coefficient (Wildman–Crippen LogP) is -0.564. The van der Waals surface area contributed by atoms with Gasteiger partial charge in [-0.2, -0.15) is 0 Å². The summed E-state index contributed by atoms with van der Waals surface area (Å²) in [4.78, 5) is 11.5. The molecule has 0 aliphatic carbocycles. The van der Waals surface area contributed by atoms with Gasteiger partial charge in [0, 0.05) is 0 Å². The number of ether oxygens (including phenoxy) is 1. The lowest BCUT2D eigenvalue weighted by atomic mass is 10.3. The molecule has 1 unspecified atom stereocenters. The molecule has 1 aromatic carbocycles. The predicted molar refractivity (Wildman–Crippen MR) is 58.0 cm³/mol. The molecule has 0 aliphatic rings. The van der Waals surface area contributed by atoms with Gasteiger partial charge < -0.3 is 20.9 Å². The Morgan fingerprint density at radius 2 is 2.12 bits per heavy atom. The van der Waals surface area contributed by atoms with Crippen molar-refractivity contribution in [3.63, 3.8) is 0 Å². The second kappa shape index (κ2) is 5.72. The second-order valence-corrected chi connectivity index (χ2v) is 3.03. The molecule has 6 heteroatoms. The number of aliphatic hydroxyl groups excluding tert-OH is 1. The first-order valence-corrected chi connectivity index (χ1v) is 4.61. The van der Waals surface area contributed by atoms with Gasteiger partial charge in [0.2, 0.25) is 0 Å². The maximum atomic E-state index is 11.5. The molecular weight excluding hydrogens is 210 g/mol. The normalized spacial score (nSPS) is 11.6. The van der Waals surface area contributed by atoms with Crippen LogP contribution >= 0.6 is 0 Å². The van der Waals surface area contributed by atoms with E-state index >= 15 is 0 Å². The van der Waals surface area contributed by atoms with Crippen molar-refractivity contribution in [3.8, 4) is 5.75 Å². The zero-order chi connectivity index (χ0) is 12.0. The Hall–Kier alpha value is -2.08. The second-order valence-electron chi connectivity index (χ2n) is 3.03. The number of aliphatic hydroxyl groups is 1. The number of nitrogens with one attached hydrogen (secondary N) is 2. The number of guanidine groups is 1. The molecule has 16 heavy (non-hydrogen) atoms. The molecule has 1 atom stereocenters. The number of benzene rings is 1. The molecule has 6 nitrogen and oxygen atoms in total. The Morgan fingerprint density at radius 1 is 1.50 bits per heavy atom. The van der Waals surface area contributed by atoms with E-state index in [1.165, 1.54) is 0 Å². The highest BCUT2D eigenvalue weighted by Gasteiger charge is 2.19. The zero-order valence-electron chi connectivity index (χ0n) is 8.51. The lowest BCUT2D eigenvalue weighted by Gasteiger charge is -2.14. The Kier molecular flexibility index (Phi) is 4.28. The number of hydrogen-bond donors (Lipinski definition) is 4. The Balaban J connectivity index is 2.59. The lowest BCUT2D eigenvalue weighted by Crippen LogP contribution is -2.47.